The Morgan fingerprint density at radius 2 is 2.08 bits per heavy atom. The molecule has 6 rings (SSSR count). The molecule has 2 aromatic carbocycles. The molecule has 1 aliphatic rings. The maximum atomic E-state index is 14.3. The van der Waals surface area contributed by atoms with E-state index in [0.717, 1.165) is 52.2 Å². The summed E-state index contributed by atoms with van der Waals surface area (Å²) in [6, 6.07) is 13.0. The van der Waals surface area contributed by atoms with Gasteiger partial charge in [0.1, 0.15) is 0 Å². The minimum absolute atomic E-state index is 0.0363. The number of nitrogens with zero attached hydrogens (tertiary/aromatic N) is 3. The van der Waals surface area contributed by atoms with Gasteiger partial charge in [-0.1, -0.05) is 16.1 Å². The first-order chi connectivity index (χ1) is 17.5. The number of aromatic nitrogens is 4. The molecule has 3 heterocycles. The van der Waals surface area contributed by atoms with Gasteiger partial charge in [0, 0.05) is 35.1 Å². The normalized spacial score (nSPS) is 13.9. The Morgan fingerprint density at radius 3 is 2.72 bits per heavy atom. The number of carboxylic acids is 1. The van der Waals surface area contributed by atoms with Crippen molar-refractivity contribution in [3.63, 3.8) is 0 Å². The summed E-state index contributed by atoms with van der Waals surface area (Å²) in [5.41, 5.74) is 4.50. The molecule has 1 atom stereocenters. The standard InChI is InChI=1S/C25H21FN4O4S2/c1-33-22-12-16(6-9-19(22)26)23-18(10-14-4-7-17(8-5-14)36-29-34-36)20(11-15-2-3-15)28-30(23)25-27-21(13-35-25)24(31)32/h4-9,12-13,15,29H,2-3,10-11H2,1H3/p+1. The average Bonchev–Trinajstić information content (AvgIpc) is 3.80. The lowest BCUT2D eigenvalue weighted by Crippen LogP contribution is -2.03. The third-order valence-electron chi connectivity index (χ3n) is 6.25. The highest BCUT2D eigenvalue weighted by Crippen LogP contribution is 2.39. The van der Waals surface area contributed by atoms with Crippen molar-refractivity contribution in [3.8, 4) is 27.0 Å². The molecular formula is C25H22FN4O4S2+. The van der Waals surface area contributed by atoms with Crippen LogP contribution in [0.3, 0.4) is 0 Å². The van der Waals surface area contributed by atoms with Gasteiger partial charge in [0.15, 0.2) is 17.3 Å². The van der Waals surface area contributed by atoms with Crippen LogP contribution in [0.1, 0.15) is 40.2 Å². The molecule has 11 heteroatoms. The van der Waals surface area contributed by atoms with Crippen molar-refractivity contribution in [3.05, 3.63) is 76.2 Å². The SMILES string of the molecule is COc1cc(-c2c(Cc3ccc(-[s+]4[nH]o4)cc3)c(CC3CC3)nn2-c2nc(C(=O)O)cs2)ccc1F. The Morgan fingerprint density at radius 1 is 1.31 bits per heavy atom. The Labute approximate surface area is 212 Å². The van der Waals surface area contributed by atoms with Gasteiger partial charge in [0.05, 0.1) is 23.0 Å². The number of carbonyl (C=O) groups is 1. The maximum absolute atomic E-state index is 14.3. The summed E-state index contributed by atoms with van der Waals surface area (Å²) in [6.45, 7) is 0. The van der Waals surface area contributed by atoms with Gasteiger partial charge in [0.2, 0.25) is 5.13 Å². The fourth-order valence-electron chi connectivity index (χ4n) is 4.19. The van der Waals surface area contributed by atoms with E-state index in [1.165, 1.54) is 29.9 Å². The molecule has 1 aliphatic carbocycles. The monoisotopic (exact) mass is 525 g/mol. The number of aromatic carboxylic acids is 1. The topological polar surface area (TPSA) is 106 Å². The van der Waals surface area contributed by atoms with Crippen molar-refractivity contribution in [2.24, 2.45) is 5.92 Å². The summed E-state index contributed by atoms with van der Waals surface area (Å²) in [4.78, 5) is 16.9. The molecule has 8 nitrogen and oxygen atoms in total. The molecule has 2 N–H and O–H groups in total. The lowest BCUT2D eigenvalue weighted by molar-refractivity contribution is 0.0691. The zero-order valence-electron chi connectivity index (χ0n) is 19.2. The Balaban J connectivity index is 1.51. The smallest absolute Gasteiger partial charge is 0.356 e. The van der Waals surface area contributed by atoms with Crippen molar-refractivity contribution in [2.75, 3.05) is 7.11 Å². The zero-order chi connectivity index (χ0) is 24.8. The number of rotatable bonds is 9. The predicted molar refractivity (Wildman–Crippen MR) is 134 cm³/mol. The molecule has 3 aromatic heterocycles. The number of hydrogen-bond acceptors (Lipinski definition) is 6. The highest BCUT2D eigenvalue weighted by atomic mass is 32.2. The second-order valence-electron chi connectivity index (χ2n) is 8.76. The average molecular weight is 526 g/mol. The number of ether oxygens (including phenoxy) is 1. The summed E-state index contributed by atoms with van der Waals surface area (Å²) >= 11 is 1.21. The van der Waals surface area contributed by atoms with E-state index in [9.17, 15) is 14.3 Å². The number of carboxylic acid groups (broad SMARTS) is 1. The van der Waals surface area contributed by atoms with E-state index in [1.807, 2.05) is 12.1 Å². The van der Waals surface area contributed by atoms with Gasteiger partial charge in [-0.25, -0.2) is 18.9 Å². The number of H-pyrrole nitrogens is 1. The van der Waals surface area contributed by atoms with Crippen LogP contribution in [-0.4, -0.2) is 37.5 Å². The number of aromatic amines is 1. The fraction of sp³-hybridized carbons (Fsp3) is 0.240. The molecule has 184 valence electrons. The first-order valence-electron chi connectivity index (χ1n) is 11.4. The molecule has 1 saturated carbocycles. The quantitative estimate of drug-likeness (QED) is 0.227. The summed E-state index contributed by atoms with van der Waals surface area (Å²) in [5.74, 6) is -0.845. The fourth-order valence-corrected chi connectivity index (χ4v) is 5.66. The first kappa shape index (κ1) is 22.7. The van der Waals surface area contributed by atoms with Crippen molar-refractivity contribution in [1.82, 2.24) is 19.3 Å². The highest BCUT2D eigenvalue weighted by Gasteiger charge is 2.29. The van der Waals surface area contributed by atoms with Gasteiger partial charge in [0.25, 0.3) is 4.90 Å². The predicted octanol–water partition coefficient (Wildman–Crippen LogP) is 6.04. The van der Waals surface area contributed by atoms with Gasteiger partial charge in [-0.05, 0) is 48.9 Å². The summed E-state index contributed by atoms with van der Waals surface area (Å²) in [5, 5.41) is 16.3. The highest BCUT2D eigenvalue weighted by molar-refractivity contribution is 7.30. The molecule has 1 fully saturated rings. The van der Waals surface area contributed by atoms with E-state index >= 15 is 0 Å². The number of hydrogen-bond donors (Lipinski definition) is 2. The van der Waals surface area contributed by atoms with Crippen LogP contribution in [0.15, 0.2) is 51.8 Å². The van der Waals surface area contributed by atoms with E-state index in [-0.39, 0.29) is 22.4 Å². The number of benzene rings is 2. The van der Waals surface area contributed by atoms with Crippen molar-refractivity contribution < 1.29 is 23.0 Å². The van der Waals surface area contributed by atoms with Gasteiger partial charge >= 0.3 is 16.9 Å². The van der Waals surface area contributed by atoms with Crippen LogP contribution in [0.2, 0.25) is 0 Å². The maximum Gasteiger partial charge on any atom is 0.356 e. The zero-order valence-corrected chi connectivity index (χ0v) is 20.9. The largest absolute Gasteiger partial charge is 0.494 e. The number of nitrogens with one attached hydrogen (secondary N) is 1. The Bertz CT molecular complexity index is 1530. The molecule has 0 aliphatic heterocycles. The number of halogens is 1. The summed E-state index contributed by atoms with van der Waals surface area (Å²) < 4.78 is 29.3. The number of thiazole rings is 1. The summed E-state index contributed by atoms with van der Waals surface area (Å²) in [7, 11) is 1.11. The van der Waals surface area contributed by atoms with Gasteiger partial charge < -0.3 is 9.84 Å². The second-order valence-corrected chi connectivity index (χ2v) is 10.9. The van der Waals surface area contributed by atoms with Crippen LogP contribution in [0.25, 0.3) is 21.3 Å². The Hall–Kier alpha value is -3.70. The molecule has 36 heavy (non-hydrogen) atoms. The third-order valence-corrected chi connectivity index (χ3v) is 8.10. The lowest BCUT2D eigenvalue weighted by atomic mass is 9.97. The van der Waals surface area contributed by atoms with Crippen LogP contribution < -0.4 is 4.74 Å². The molecular weight excluding hydrogens is 503 g/mol. The number of methoxy groups -OCH3 is 1. The van der Waals surface area contributed by atoms with Gasteiger partial charge in [-0.2, -0.15) is 5.10 Å². The van der Waals surface area contributed by atoms with Gasteiger partial charge in [-0.15, -0.1) is 11.3 Å². The van der Waals surface area contributed by atoms with E-state index < -0.39 is 11.8 Å². The summed E-state index contributed by atoms with van der Waals surface area (Å²) in [6.07, 6.45) is 3.76. The van der Waals surface area contributed by atoms with Gasteiger partial charge in [-0.3, -0.25) is 0 Å². The van der Waals surface area contributed by atoms with Crippen LogP contribution in [0.5, 0.6) is 5.75 Å². The molecule has 0 saturated heterocycles. The van der Waals surface area contributed by atoms with Crippen LogP contribution in [0.4, 0.5) is 4.39 Å². The third kappa shape index (κ3) is 4.47. The first-order valence-corrected chi connectivity index (χ1v) is 13.4. The molecule has 5 aromatic rings. The minimum Gasteiger partial charge on any atom is -0.494 e. The molecule has 1 unspecified atom stereocenters. The van der Waals surface area contributed by atoms with Crippen LogP contribution in [-0.2, 0) is 12.8 Å². The minimum atomic E-state index is -1.09. The molecule has 0 bridgehead atoms. The molecule has 0 amide bonds. The van der Waals surface area contributed by atoms with Crippen LogP contribution >= 0.6 is 22.3 Å². The lowest BCUT2D eigenvalue weighted by Gasteiger charge is -2.11. The van der Waals surface area contributed by atoms with Crippen molar-refractivity contribution >= 4 is 28.3 Å². The van der Waals surface area contributed by atoms with Crippen LogP contribution in [0, 0.1) is 11.7 Å². The molecule has 0 radical (unpaired) electrons. The van der Waals surface area contributed by atoms with E-state index in [1.54, 1.807) is 16.8 Å². The second kappa shape index (κ2) is 9.07. The Kier molecular flexibility index (Phi) is 5.73. The van der Waals surface area contributed by atoms with E-state index in [2.05, 4.69) is 21.7 Å². The van der Waals surface area contributed by atoms with E-state index in [4.69, 9.17) is 13.8 Å². The van der Waals surface area contributed by atoms with Crippen molar-refractivity contribution in [2.45, 2.75) is 25.7 Å². The van der Waals surface area contributed by atoms with E-state index in [0.29, 0.717) is 17.5 Å². The van der Waals surface area contributed by atoms with Crippen molar-refractivity contribution in [1.29, 1.82) is 0 Å². The molecule has 0 spiro atoms.